The second kappa shape index (κ2) is 17.4. The number of carbonyl (C=O) groups is 2. The van der Waals surface area contributed by atoms with Gasteiger partial charge in [-0.3, -0.25) is 13.9 Å². The minimum absolute atomic E-state index is 0.0933. The maximum Gasteiger partial charge on any atom is 0.264 e. The Morgan fingerprint density at radius 3 is 2.14 bits per heavy atom. The van der Waals surface area contributed by atoms with E-state index in [1.807, 2.05) is 75.4 Å². The van der Waals surface area contributed by atoms with Crippen LogP contribution in [0.4, 0.5) is 5.69 Å². The van der Waals surface area contributed by atoms with Crippen LogP contribution in [-0.2, 0) is 32.6 Å². The van der Waals surface area contributed by atoms with Gasteiger partial charge in [-0.05, 0) is 73.4 Å². The minimum Gasteiger partial charge on any atom is -0.494 e. The van der Waals surface area contributed by atoms with Gasteiger partial charge in [-0.15, -0.1) is 0 Å². The quantitative estimate of drug-likeness (QED) is 0.150. The molecular formula is C38H45N3O7S. The first kappa shape index (κ1) is 36.8. The van der Waals surface area contributed by atoms with Crippen molar-refractivity contribution in [2.75, 3.05) is 38.2 Å². The first-order valence-corrected chi connectivity index (χ1v) is 17.7. The van der Waals surface area contributed by atoms with Crippen molar-refractivity contribution in [2.45, 2.75) is 51.1 Å². The number of methoxy groups -OCH3 is 2. The largest absolute Gasteiger partial charge is 0.494 e. The van der Waals surface area contributed by atoms with Gasteiger partial charge in [-0.25, -0.2) is 8.42 Å². The Labute approximate surface area is 289 Å². The molecule has 4 aromatic rings. The van der Waals surface area contributed by atoms with Crippen molar-refractivity contribution in [3.05, 3.63) is 114 Å². The average molecular weight is 688 g/mol. The highest BCUT2D eigenvalue weighted by molar-refractivity contribution is 7.92. The van der Waals surface area contributed by atoms with Crippen molar-refractivity contribution in [3.8, 4) is 17.2 Å². The molecule has 260 valence electrons. The third kappa shape index (κ3) is 9.32. The zero-order valence-electron chi connectivity index (χ0n) is 28.7. The maximum atomic E-state index is 14.7. The second-order valence-electron chi connectivity index (χ2n) is 11.4. The molecule has 0 spiro atoms. The van der Waals surface area contributed by atoms with Gasteiger partial charge in [-0.1, -0.05) is 61.5 Å². The van der Waals surface area contributed by atoms with Crippen LogP contribution in [0.3, 0.4) is 0 Å². The van der Waals surface area contributed by atoms with E-state index in [2.05, 4.69) is 5.32 Å². The smallest absolute Gasteiger partial charge is 0.264 e. The Morgan fingerprint density at radius 2 is 1.51 bits per heavy atom. The van der Waals surface area contributed by atoms with Crippen LogP contribution in [0.25, 0.3) is 0 Å². The number of nitrogens with one attached hydrogen (secondary N) is 1. The van der Waals surface area contributed by atoms with Gasteiger partial charge in [-0.2, -0.15) is 0 Å². The van der Waals surface area contributed by atoms with E-state index in [0.717, 1.165) is 21.0 Å². The topological polar surface area (TPSA) is 114 Å². The lowest BCUT2D eigenvalue weighted by atomic mass is 10.0. The number of carbonyl (C=O) groups excluding carboxylic acids is 2. The molecule has 0 aromatic heterocycles. The zero-order valence-corrected chi connectivity index (χ0v) is 29.5. The molecule has 0 aliphatic rings. The van der Waals surface area contributed by atoms with Crippen LogP contribution in [0.2, 0.25) is 0 Å². The molecule has 2 amide bonds. The lowest BCUT2D eigenvalue weighted by Gasteiger charge is -2.34. The summed E-state index contributed by atoms with van der Waals surface area (Å²) in [5.74, 6) is 0.268. The van der Waals surface area contributed by atoms with Gasteiger partial charge in [0, 0.05) is 25.6 Å². The standard InChI is InChI=1S/C38H45N3O7S/c1-6-23-39-38(43)34(24-29-14-9-8-10-15-29)40(26-30-16-12-11-13-28(30)3)37(42)27-41(31-17-19-32(20-18-31)48-7-2)49(44,45)33-21-22-35(46-4)36(25-33)47-5/h8-22,25,34H,6-7,23-24,26-27H2,1-5H3,(H,39,43). The molecular weight excluding hydrogens is 642 g/mol. The van der Waals surface area contributed by atoms with E-state index < -0.39 is 28.5 Å². The van der Waals surface area contributed by atoms with Crippen LogP contribution in [0.1, 0.15) is 37.0 Å². The highest BCUT2D eigenvalue weighted by Gasteiger charge is 2.35. The average Bonchev–Trinajstić information content (AvgIpc) is 3.12. The fraction of sp³-hybridized carbons (Fsp3) is 0.316. The molecule has 0 saturated heterocycles. The van der Waals surface area contributed by atoms with Crippen molar-refractivity contribution < 1.29 is 32.2 Å². The predicted molar refractivity (Wildman–Crippen MR) is 191 cm³/mol. The van der Waals surface area contributed by atoms with Crippen LogP contribution < -0.4 is 23.8 Å². The molecule has 0 radical (unpaired) electrons. The van der Waals surface area contributed by atoms with Gasteiger partial charge in [0.15, 0.2) is 11.5 Å². The molecule has 0 heterocycles. The molecule has 1 atom stereocenters. The van der Waals surface area contributed by atoms with Gasteiger partial charge in [0.05, 0.1) is 31.4 Å². The third-order valence-electron chi connectivity index (χ3n) is 8.08. The van der Waals surface area contributed by atoms with Crippen LogP contribution in [-0.4, -0.2) is 65.1 Å². The van der Waals surface area contributed by atoms with Crippen LogP contribution in [0.5, 0.6) is 17.2 Å². The number of nitrogens with zero attached hydrogens (tertiary/aromatic N) is 2. The lowest BCUT2D eigenvalue weighted by molar-refractivity contribution is -0.140. The summed E-state index contributed by atoms with van der Waals surface area (Å²) in [7, 11) is -1.48. The summed E-state index contributed by atoms with van der Waals surface area (Å²) in [5.41, 5.74) is 2.89. The number of hydrogen-bond donors (Lipinski definition) is 1. The summed E-state index contributed by atoms with van der Waals surface area (Å²) in [4.78, 5) is 29.9. The highest BCUT2D eigenvalue weighted by atomic mass is 32.2. The fourth-order valence-corrected chi connectivity index (χ4v) is 6.83. The SMILES string of the molecule is CCCNC(=O)C(Cc1ccccc1)N(Cc1ccccc1C)C(=O)CN(c1ccc(OCC)cc1)S(=O)(=O)c1ccc(OC)c(OC)c1. The van der Waals surface area contributed by atoms with Crippen LogP contribution in [0, 0.1) is 6.92 Å². The van der Waals surface area contributed by atoms with Crippen molar-refractivity contribution in [3.63, 3.8) is 0 Å². The minimum atomic E-state index is -4.36. The summed E-state index contributed by atoms with van der Waals surface area (Å²) >= 11 is 0. The van der Waals surface area contributed by atoms with Crippen LogP contribution in [0.15, 0.2) is 102 Å². The third-order valence-corrected chi connectivity index (χ3v) is 9.85. The van der Waals surface area contributed by atoms with Crippen molar-refractivity contribution in [2.24, 2.45) is 0 Å². The molecule has 4 rings (SSSR count). The van der Waals surface area contributed by atoms with Gasteiger partial charge in [0.25, 0.3) is 10.0 Å². The Balaban J connectivity index is 1.83. The fourth-order valence-electron chi connectivity index (χ4n) is 5.40. The molecule has 10 nitrogen and oxygen atoms in total. The lowest BCUT2D eigenvalue weighted by Crippen LogP contribution is -2.53. The van der Waals surface area contributed by atoms with E-state index in [4.69, 9.17) is 14.2 Å². The number of amides is 2. The summed E-state index contributed by atoms with van der Waals surface area (Å²) in [6.45, 7) is 6.13. The van der Waals surface area contributed by atoms with Crippen LogP contribution >= 0.6 is 0 Å². The number of ether oxygens (including phenoxy) is 3. The molecule has 1 unspecified atom stereocenters. The number of sulfonamides is 1. The number of hydrogen-bond acceptors (Lipinski definition) is 7. The molecule has 0 saturated carbocycles. The number of benzene rings is 4. The summed E-state index contributed by atoms with van der Waals surface area (Å²) < 4.78 is 46.3. The van der Waals surface area contributed by atoms with Gasteiger partial charge >= 0.3 is 0 Å². The molecule has 0 bridgehead atoms. The van der Waals surface area contributed by atoms with E-state index in [1.165, 1.54) is 37.3 Å². The van der Waals surface area contributed by atoms with E-state index in [0.29, 0.717) is 31.1 Å². The van der Waals surface area contributed by atoms with E-state index >= 15 is 0 Å². The molecule has 0 aliphatic carbocycles. The Bertz CT molecular complexity index is 1800. The molecule has 49 heavy (non-hydrogen) atoms. The summed E-state index contributed by atoms with van der Waals surface area (Å²) in [5, 5.41) is 2.97. The number of rotatable bonds is 17. The van der Waals surface area contributed by atoms with Crippen molar-refractivity contribution in [1.82, 2.24) is 10.2 Å². The second-order valence-corrected chi connectivity index (χ2v) is 13.3. The normalized spacial score (nSPS) is 11.7. The van der Waals surface area contributed by atoms with Crippen molar-refractivity contribution >= 4 is 27.5 Å². The van der Waals surface area contributed by atoms with E-state index in [-0.39, 0.29) is 35.2 Å². The molecule has 11 heteroatoms. The highest BCUT2D eigenvalue weighted by Crippen LogP contribution is 2.33. The molecule has 0 aliphatic heterocycles. The zero-order chi connectivity index (χ0) is 35.4. The van der Waals surface area contributed by atoms with Crippen molar-refractivity contribution in [1.29, 1.82) is 0 Å². The van der Waals surface area contributed by atoms with Gasteiger partial charge in [0.1, 0.15) is 18.3 Å². The van der Waals surface area contributed by atoms with Gasteiger partial charge < -0.3 is 24.4 Å². The number of aryl methyl sites for hydroxylation is 1. The molecule has 0 fully saturated rings. The first-order chi connectivity index (χ1) is 23.6. The first-order valence-electron chi connectivity index (χ1n) is 16.3. The van der Waals surface area contributed by atoms with E-state index in [1.54, 1.807) is 24.3 Å². The number of anilines is 1. The summed E-state index contributed by atoms with van der Waals surface area (Å²) in [6.07, 6.45) is 0.949. The Hall–Kier alpha value is -5.03. The molecule has 4 aromatic carbocycles. The Kier molecular flexibility index (Phi) is 13.1. The monoisotopic (exact) mass is 687 g/mol. The van der Waals surface area contributed by atoms with E-state index in [9.17, 15) is 18.0 Å². The molecule has 1 N–H and O–H groups in total. The predicted octanol–water partition coefficient (Wildman–Crippen LogP) is 5.77. The maximum absolute atomic E-state index is 14.7. The Morgan fingerprint density at radius 1 is 0.837 bits per heavy atom. The summed E-state index contributed by atoms with van der Waals surface area (Å²) in [6, 6.07) is 26.9. The van der Waals surface area contributed by atoms with Gasteiger partial charge in [0.2, 0.25) is 11.8 Å².